The highest BCUT2D eigenvalue weighted by molar-refractivity contribution is 5.77. The van der Waals surface area contributed by atoms with Crippen molar-refractivity contribution in [3.8, 4) is 0 Å². The van der Waals surface area contributed by atoms with Crippen LogP contribution in [0.2, 0.25) is 0 Å². The molecule has 0 amide bonds. The van der Waals surface area contributed by atoms with E-state index in [1.807, 2.05) is 0 Å². The van der Waals surface area contributed by atoms with Gasteiger partial charge in [-0.25, -0.2) is 0 Å². The molecule has 0 saturated carbocycles. The predicted molar refractivity (Wildman–Crippen MR) is 107 cm³/mol. The summed E-state index contributed by atoms with van der Waals surface area (Å²) in [4.78, 5) is 12.9. The van der Waals surface area contributed by atoms with E-state index < -0.39 is 71.0 Å². The highest BCUT2D eigenvalue weighted by Gasteiger charge is 2.90. The number of esters is 1. The van der Waals surface area contributed by atoms with E-state index in [2.05, 4.69) is 4.74 Å². The summed E-state index contributed by atoms with van der Waals surface area (Å²) in [6, 6.07) is 0. The van der Waals surface area contributed by atoms with Crippen molar-refractivity contribution in [3.63, 3.8) is 0 Å². The molecule has 0 radical (unpaired) electrons. The Bertz CT molecular complexity index is 801. The molecule has 0 rings (SSSR count). The van der Waals surface area contributed by atoms with Gasteiger partial charge in [0.1, 0.15) is 0 Å². The highest BCUT2D eigenvalue weighted by atomic mass is 19.4. The molecule has 0 bridgehead atoms. The number of carbonyl (C=O) groups excluding carboxylic acids is 1. The number of rotatable bonds is 13. The molecule has 0 aromatic heterocycles. The van der Waals surface area contributed by atoms with Gasteiger partial charge in [0.2, 0.25) is 0 Å². The first-order chi connectivity index (χ1) is 16.0. The lowest BCUT2D eigenvalue weighted by atomic mass is 9.58. The van der Waals surface area contributed by atoms with Gasteiger partial charge in [0.05, 0.1) is 18.4 Å². The van der Waals surface area contributed by atoms with E-state index in [0.29, 0.717) is 12.8 Å². The van der Waals surface area contributed by atoms with Gasteiger partial charge in [0.25, 0.3) is 0 Å². The second kappa shape index (κ2) is 10.3. The van der Waals surface area contributed by atoms with Crippen LogP contribution in [0, 0.1) is 16.2 Å². The van der Waals surface area contributed by atoms with Gasteiger partial charge in [-0.05, 0) is 30.6 Å². The number of alkyl halides is 13. The summed E-state index contributed by atoms with van der Waals surface area (Å²) in [7, 11) is 0. The maximum atomic E-state index is 14.0. The molecule has 0 heterocycles. The monoisotopic (exact) mass is 574 g/mol. The van der Waals surface area contributed by atoms with Crippen LogP contribution in [0.1, 0.15) is 74.1 Å². The Morgan fingerprint density at radius 1 is 0.622 bits per heavy atom. The smallest absolute Gasteiger partial charge is 0.460 e. The molecule has 0 saturated heterocycles. The normalized spacial score (nSPS) is 17.0. The maximum absolute atomic E-state index is 14.0. The number of hydrogen-bond donors (Lipinski definition) is 0. The Kier molecular flexibility index (Phi) is 9.87. The highest BCUT2D eigenvalue weighted by Crippen LogP contribution is 2.60. The summed E-state index contributed by atoms with van der Waals surface area (Å²) in [6.07, 6.45) is -9.08. The molecule has 1 atom stereocenters. The molecule has 0 aliphatic carbocycles. The van der Waals surface area contributed by atoms with Gasteiger partial charge in [-0.1, -0.05) is 48.0 Å². The van der Waals surface area contributed by atoms with Gasteiger partial charge in [-0.15, -0.1) is 0 Å². The fraction of sp³-hybridized carbons (Fsp3) is 0.955. The summed E-state index contributed by atoms with van der Waals surface area (Å²) < 4.78 is 177. The molecule has 0 aromatic rings. The molecular formula is C22H31F13O2. The van der Waals surface area contributed by atoms with Crippen LogP contribution in [-0.2, 0) is 9.53 Å². The first kappa shape index (κ1) is 35.6. The summed E-state index contributed by atoms with van der Waals surface area (Å²) in [6.45, 7) is 9.87. The molecular weight excluding hydrogens is 543 g/mol. The molecule has 0 aliphatic heterocycles. The standard InChI is InChI=1S/C22H31F13O2/c1-8-14(3,4)12-16(7,15(5,6)9-2)13(36)37-11-10-17(23,24)18(25,26)19(27,28)20(29,30)21(31,32)22(33,34)35/h8-12H2,1-7H3. The van der Waals surface area contributed by atoms with Crippen LogP contribution in [0.3, 0.4) is 0 Å². The fourth-order valence-corrected chi connectivity index (χ4v) is 3.45. The van der Waals surface area contributed by atoms with E-state index in [4.69, 9.17) is 0 Å². The zero-order valence-electron chi connectivity index (χ0n) is 21.3. The number of carbonyl (C=O) groups is 1. The molecule has 15 heteroatoms. The third-order valence-corrected chi connectivity index (χ3v) is 7.26. The summed E-state index contributed by atoms with van der Waals surface area (Å²) in [5.74, 6) is -38.5. The molecule has 1 unspecified atom stereocenters. The van der Waals surface area contributed by atoms with Crippen molar-refractivity contribution in [2.45, 2.75) is 110 Å². The van der Waals surface area contributed by atoms with Gasteiger partial charge in [0, 0.05) is 0 Å². The van der Waals surface area contributed by atoms with Gasteiger partial charge in [0.15, 0.2) is 0 Å². The molecule has 0 spiro atoms. The Hall–Kier alpha value is -1.44. The second-order valence-corrected chi connectivity index (χ2v) is 10.6. The second-order valence-electron chi connectivity index (χ2n) is 10.6. The van der Waals surface area contributed by atoms with Crippen LogP contribution >= 0.6 is 0 Å². The minimum Gasteiger partial charge on any atom is -0.465 e. The number of hydrogen-bond acceptors (Lipinski definition) is 2. The molecule has 0 aromatic carbocycles. The van der Waals surface area contributed by atoms with Crippen molar-refractivity contribution >= 4 is 5.97 Å². The quantitative estimate of drug-likeness (QED) is 0.162. The summed E-state index contributed by atoms with van der Waals surface area (Å²) in [5.41, 5.74) is -2.83. The van der Waals surface area contributed by atoms with E-state index >= 15 is 0 Å². The zero-order valence-corrected chi connectivity index (χ0v) is 21.3. The lowest BCUT2D eigenvalue weighted by molar-refractivity contribution is -0.440. The van der Waals surface area contributed by atoms with Crippen molar-refractivity contribution in [1.82, 2.24) is 0 Å². The van der Waals surface area contributed by atoms with Gasteiger partial charge in [-0.2, -0.15) is 57.1 Å². The molecule has 2 nitrogen and oxygen atoms in total. The first-order valence-corrected chi connectivity index (χ1v) is 11.1. The predicted octanol–water partition coefficient (Wildman–Crippen LogP) is 8.93. The average molecular weight is 574 g/mol. The van der Waals surface area contributed by atoms with E-state index in [0.717, 1.165) is 0 Å². The fourth-order valence-electron chi connectivity index (χ4n) is 3.45. The van der Waals surface area contributed by atoms with Crippen molar-refractivity contribution in [2.24, 2.45) is 16.2 Å². The van der Waals surface area contributed by atoms with Crippen molar-refractivity contribution < 1.29 is 66.6 Å². The Labute approximate surface area is 206 Å². The minimum atomic E-state index is -7.96. The average Bonchev–Trinajstić information content (AvgIpc) is 2.71. The zero-order chi connectivity index (χ0) is 30.3. The minimum absolute atomic E-state index is 0.0968. The molecule has 0 N–H and O–H groups in total. The molecule has 222 valence electrons. The topological polar surface area (TPSA) is 26.3 Å². The van der Waals surface area contributed by atoms with Crippen LogP contribution in [0.4, 0.5) is 57.1 Å². The lowest BCUT2D eigenvalue weighted by Gasteiger charge is -2.46. The van der Waals surface area contributed by atoms with Crippen LogP contribution in [0.25, 0.3) is 0 Å². The molecule has 37 heavy (non-hydrogen) atoms. The lowest BCUT2D eigenvalue weighted by Crippen LogP contribution is -2.70. The Morgan fingerprint density at radius 3 is 1.38 bits per heavy atom. The SMILES string of the molecule is CCC(C)(C)CC(C)(C(=O)OCCC(F)(F)C(F)(F)C(F)(F)C(F)(F)C(F)(F)C(F)(F)F)C(C)(C)CC. The van der Waals surface area contributed by atoms with Crippen LogP contribution in [0.15, 0.2) is 0 Å². The maximum Gasteiger partial charge on any atom is 0.460 e. The first-order valence-electron chi connectivity index (χ1n) is 11.1. The summed E-state index contributed by atoms with van der Waals surface area (Å²) in [5, 5.41) is 0. The van der Waals surface area contributed by atoms with E-state index in [-0.39, 0.29) is 6.42 Å². The van der Waals surface area contributed by atoms with Crippen LogP contribution in [0.5, 0.6) is 0 Å². The van der Waals surface area contributed by atoms with Crippen LogP contribution in [-0.4, -0.2) is 48.4 Å². The van der Waals surface area contributed by atoms with E-state index in [1.54, 1.807) is 41.5 Å². The number of ether oxygens (including phenoxy) is 1. The largest absolute Gasteiger partial charge is 0.465 e. The summed E-state index contributed by atoms with van der Waals surface area (Å²) >= 11 is 0. The molecule has 0 fully saturated rings. The number of halogens is 13. The Balaban J connectivity index is 6.03. The van der Waals surface area contributed by atoms with Gasteiger partial charge < -0.3 is 4.74 Å². The van der Waals surface area contributed by atoms with Gasteiger partial charge in [-0.3, -0.25) is 4.79 Å². The van der Waals surface area contributed by atoms with Crippen LogP contribution < -0.4 is 0 Å². The van der Waals surface area contributed by atoms with Gasteiger partial charge >= 0.3 is 41.8 Å². The van der Waals surface area contributed by atoms with E-state index in [9.17, 15) is 61.9 Å². The van der Waals surface area contributed by atoms with Crippen molar-refractivity contribution in [2.75, 3.05) is 6.61 Å². The Morgan fingerprint density at radius 2 is 1.03 bits per heavy atom. The molecule has 0 aliphatic rings. The third kappa shape index (κ3) is 6.09. The van der Waals surface area contributed by atoms with E-state index in [1.165, 1.54) is 6.92 Å². The van der Waals surface area contributed by atoms with Crippen molar-refractivity contribution in [1.29, 1.82) is 0 Å². The third-order valence-electron chi connectivity index (χ3n) is 7.26. The van der Waals surface area contributed by atoms with Crippen molar-refractivity contribution in [3.05, 3.63) is 0 Å².